The van der Waals surface area contributed by atoms with Gasteiger partial charge in [0.25, 0.3) is 5.91 Å². The fraction of sp³-hybridized carbons (Fsp3) is 0.200. The van der Waals surface area contributed by atoms with Crippen LogP contribution in [0, 0.1) is 0 Å². The van der Waals surface area contributed by atoms with Crippen LogP contribution in [0.15, 0.2) is 79.1 Å². The van der Waals surface area contributed by atoms with Crippen LogP contribution in [0.1, 0.15) is 17.5 Å². The Labute approximate surface area is 186 Å². The van der Waals surface area contributed by atoms with E-state index in [1.807, 2.05) is 36.4 Å². The molecule has 1 atom stereocenters. The quantitative estimate of drug-likeness (QED) is 0.540. The molecule has 0 saturated carbocycles. The zero-order chi connectivity index (χ0) is 22.5. The summed E-state index contributed by atoms with van der Waals surface area (Å²) < 4.78 is 5.15. The molecule has 1 aromatic heterocycles. The molecule has 1 fully saturated rings. The van der Waals surface area contributed by atoms with Crippen LogP contribution in [0.4, 0.5) is 5.69 Å². The van der Waals surface area contributed by atoms with E-state index < -0.39 is 11.9 Å². The van der Waals surface area contributed by atoms with Crippen LogP contribution in [-0.2, 0) is 27.3 Å². The number of hydrogen-bond acceptors (Lipinski definition) is 5. The number of benzene rings is 2. The standard InChI is InChI=1S/C25H23N3O4/c1-32-21-11-9-20(10-12-21)28-24(30)15-22(25(28)31)27(17-19-8-5-13-26-16-19)23(29)14-18-6-3-2-4-7-18/h2-13,16,22H,14-15,17H2,1H3. The predicted octanol–water partition coefficient (Wildman–Crippen LogP) is 2.99. The Hall–Kier alpha value is -4.00. The molecule has 0 aliphatic carbocycles. The van der Waals surface area contributed by atoms with Crippen molar-refractivity contribution < 1.29 is 19.1 Å². The van der Waals surface area contributed by atoms with E-state index in [9.17, 15) is 14.4 Å². The first-order chi connectivity index (χ1) is 15.6. The van der Waals surface area contributed by atoms with E-state index in [-0.39, 0.29) is 31.2 Å². The summed E-state index contributed by atoms with van der Waals surface area (Å²) in [5.74, 6) is -0.345. The lowest BCUT2D eigenvalue weighted by molar-refractivity contribution is -0.138. The van der Waals surface area contributed by atoms with Crippen LogP contribution >= 0.6 is 0 Å². The minimum absolute atomic E-state index is 0.0638. The smallest absolute Gasteiger partial charge is 0.257 e. The number of amides is 3. The molecule has 7 nitrogen and oxygen atoms in total. The van der Waals surface area contributed by atoms with Gasteiger partial charge in [-0.2, -0.15) is 0 Å². The van der Waals surface area contributed by atoms with Crippen molar-refractivity contribution in [2.45, 2.75) is 25.4 Å². The van der Waals surface area contributed by atoms with Crippen molar-refractivity contribution in [2.24, 2.45) is 0 Å². The van der Waals surface area contributed by atoms with Crippen molar-refractivity contribution in [3.05, 3.63) is 90.3 Å². The van der Waals surface area contributed by atoms with Crippen molar-refractivity contribution in [1.82, 2.24) is 9.88 Å². The number of hydrogen-bond donors (Lipinski definition) is 0. The first-order valence-electron chi connectivity index (χ1n) is 10.3. The van der Waals surface area contributed by atoms with Gasteiger partial charge in [-0.1, -0.05) is 36.4 Å². The summed E-state index contributed by atoms with van der Waals surface area (Å²) in [4.78, 5) is 46.2. The number of imide groups is 1. The van der Waals surface area contributed by atoms with Gasteiger partial charge in [-0.25, -0.2) is 4.90 Å². The third kappa shape index (κ3) is 4.51. The van der Waals surface area contributed by atoms with E-state index in [1.54, 1.807) is 49.8 Å². The molecule has 3 aromatic rings. The van der Waals surface area contributed by atoms with Crippen molar-refractivity contribution in [3.8, 4) is 5.75 Å². The Morgan fingerprint density at radius 2 is 1.75 bits per heavy atom. The molecule has 7 heteroatoms. The van der Waals surface area contributed by atoms with Gasteiger partial charge in [0.1, 0.15) is 11.8 Å². The number of carbonyl (C=O) groups excluding carboxylic acids is 3. The third-order valence-electron chi connectivity index (χ3n) is 5.42. The maximum atomic E-state index is 13.3. The molecule has 1 aliphatic rings. The minimum atomic E-state index is -0.874. The summed E-state index contributed by atoms with van der Waals surface area (Å²) >= 11 is 0. The molecule has 2 aromatic carbocycles. The average Bonchev–Trinajstić information content (AvgIpc) is 3.12. The van der Waals surface area contributed by atoms with Gasteiger partial charge < -0.3 is 9.64 Å². The van der Waals surface area contributed by atoms with Crippen molar-refractivity contribution in [2.75, 3.05) is 12.0 Å². The summed E-state index contributed by atoms with van der Waals surface area (Å²) in [6.45, 7) is 0.194. The second kappa shape index (κ2) is 9.43. The van der Waals surface area contributed by atoms with E-state index >= 15 is 0 Å². The molecule has 1 unspecified atom stereocenters. The largest absolute Gasteiger partial charge is 0.497 e. The maximum Gasteiger partial charge on any atom is 0.257 e. The van der Waals surface area contributed by atoms with Gasteiger partial charge in [-0.15, -0.1) is 0 Å². The molecular weight excluding hydrogens is 406 g/mol. The fourth-order valence-electron chi connectivity index (χ4n) is 3.79. The summed E-state index contributed by atoms with van der Waals surface area (Å²) in [5, 5.41) is 0. The van der Waals surface area contributed by atoms with E-state index in [0.717, 1.165) is 16.0 Å². The molecule has 162 valence electrons. The number of pyridine rings is 1. The summed E-state index contributed by atoms with van der Waals surface area (Å²) in [7, 11) is 1.55. The predicted molar refractivity (Wildman–Crippen MR) is 119 cm³/mol. The number of rotatable bonds is 7. The summed E-state index contributed by atoms with van der Waals surface area (Å²) in [5.41, 5.74) is 2.09. The zero-order valence-electron chi connectivity index (χ0n) is 17.7. The topological polar surface area (TPSA) is 79.8 Å². The maximum absolute atomic E-state index is 13.3. The monoisotopic (exact) mass is 429 g/mol. The second-order valence-corrected chi connectivity index (χ2v) is 7.53. The van der Waals surface area contributed by atoms with Crippen LogP contribution in [-0.4, -0.2) is 40.8 Å². The highest BCUT2D eigenvalue weighted by atomic mass is 16.5. The molecule has 0 bridgehead atoms. The number of anilines is 1. The van der Waals surface area contributed by atoms with Crippen LogP contribution in [0.5, 0.6) is 5.75 Å². The molecule has 0 N–H and O–H groups in total. The first kappa shape index (κ1) is 21.2. The minimum Gasteiger partial charge on any atom is -0.497 e. The van der Waals surface area contributed by atoms with Gasteiger partial charge in [0.15, 0.2) is 0 Å². The lowest BCUT2D eigenvalue weighted by Gasteiger charge is -2.28. The van der Waals surface area contributed by atoms with E-state index in [2.05, 4.69) is 4.98 Å². The lowest BCUT2D eigenvalue weighted by atomic mass is 10.1. The molecule has 4 rings (SSSR count). The third-order valence-corrected chi connectivity index (χ3v) is 5.42. The average molecular weight is 429 g/mol. The van der Waals surface area contributed by atoms with E-state index in [1.165, 1.54) is 4.90 Å². The SMILES string of the molecule is COc1ccc(N2C(=O)CC(N(Cc3cccnc3)C(=O)Cc3ccccc3)C2=O)cc1. The highest BCUT2D eigenvalue weighted by Gasteiger charge is 2.44. The van der Waals surface area contributed by atoms with Crippen LogP contribution in [0.25, 0.3) is 0 Å². The molecule has 1 saturated heterocycles. The zero-order valence-corrected chi connectivity index (χ0v) is 17.7. The Kier molecular flexibility index (Phi) is 6.26. The van der Waals surface area contributed by atoms with E-state index in [0.29, 0.717) is 11.4 Å². The highest BCUT2D eigenvalue weighted by Crippen LogP contribution is 2.28. The van der Waals surface area contributed by atoms with Crippen LogP contribution in [0.3, 0.4) is 0 Å². The molecule has 2 heterocycles. The number of carbonyl (C=O) groups is 3. The lowest BCUT2D eigenvalue weighted by Crippen LogP contribution is -2.45. The number of nitrogens with zero attached hydrogens (tertiary/aromatic N) is 3. The van der Waals surface area contributed by atoms with Crippen LogP contribution in [0.2, 0.25) is 0 Å². The van der Waals surface area contributed by atoms with Crippen LogP contribution < -0.4 is 9.64 Å². The summed E-state index contributed by atoms with van der Waals surface area (Å²) in [6.07, 6.45) is 3.38. The Bertz CT molecular complexity index is 1100. The molecule has 1 aliphatic heterocycles. The Morgan fingerprint density at radius 1 is 1.03 bits per heavy atom. The van der Waals surface area contributed by atoms with Gasteiger partial charge in [-0.3, -0.25) is 19.4 Å². The number of methoxy groups -OCH3 is 1. The van der Waals surface area contributed by atoms with Crippen molar-refractivity contribution in [1.29, 1.82) is 0 Å². The molecular formula is C25H23N3O4. The Morgan fingerprint density at radius 3 is 2.41 bits per heavy atom. The van der Waals surface area contributed by atoms with Crippen molar-refractivity contribution >= 4 is 23.4 Å². The molecule has 0 spiro atoms. The highest BCUT2D eigenvalue weighted by molar-refractivity contribution is 6.23. The molecule has 0 radical (unpaired) electrons. The van der Waals surface area contributed by atoms with Crippen molar-refractivity contribution in [3.63, 3.8) is 0 Å². The normalized spacial score (nSPS) is 15.7. The molecule has 32 heavy (non-hydrogen) atoms. The molecule has 3 amide bonds. The van der Waals surface area contributed by atoms with Gasteiger partial charge in [0, 0.05) is 18.9 Å². The van der Waals surface area contributed by atoms with Gasteiger partial charge >= 0.3 is 0 Å². The van der Waals surface area contributed by atoms with Gasteiger partial charge in [-0.05, 0) is 41.5 Å². The van der Waals surface area contributed by atoms with Gasteiger partial charge in [0.2, 0.25) is 11.8 Å². The fourth-order valence-corrected chi connectivity index (χ4v) is 3.79. The van der Waals surface area contributed by atoms with Gasteiger partial charge in [0.05, 0.1) is 25.6 Å². The van der Waals surface area contributed by atoms with E-state index in [4.69, 9.17) is 4.74 Å². The number of ether oxygens (including phenoxy) is 1. The number of aromatic nitrogens is 1. The Balaban J connectivity index is 1.61. The first-order valence-corrected chi connectivity index (χ1v) is 10.3. The summed E-state index contributed by atoms with van der Waals surface area (Å²) in [6, 6.07) is 18.8. The second-order valence-electron chi connectivity index (χ2n) is 7.53.